The van der Waals surface area contributed by atoms with E-state index >= 15 is 0 Å². The molecule has 1 aromatic carbocycles. The van der Waals surface area contributed by atoms with Crippen LogP contribution in [0.4, 0.5) is 5.69 Å². The van der Waals surface area contributed by atoms with Crippen LogP contribution in [-0.4, -0.2) is 18.1 Å². The van der Waals surface area contributed by atoms with Gasteiger partial charge in [0.25, 0.3) is 0 Å². The highest BCUT2D eigenvalue weighted by atomic mass is 32.1. The largest absolute Gasteiger partial charge is 0.497 e. The predicted molar refractivity (Wildman–Crippen MR) is 88.6 cm³/mol. The Morgan fingerprint density at radius 2 is 1.85 bits per heavy atom. The Balaban J connectivity index is 2.14. The van der Waals surface area contributed by atoms with Gasteiger partial charge in [-0.3, -0.25) is 0 Å². The number of ether oxygens (including phenoxy) is 1. The monoisotopic (exact) mass is 292 g/mol. The molecule has 1 aliphatic rings. The third kappa shape index (κ3) is 4.10. The van der Waals surface area contributed by atoms with Gasteiger partial charge in [0.1, 0.15) is 10.7 Å². The van der Waals surface area contributed by atoms with Crippen molar-refractivity contribution in [3.8, 4) is 5.75 Å². The smallest absolute Gasteiger partial charge is 0.120 e. The van der Waals surface area contributed by atoms with E-state index < -0.39 is 0 Å². The summed E-state index contributed by atoms with van der Waals surface area (Å²) in [7, 11) is 1.68. The standard InChI is InChI=1S/C16H24N2OS/c1-19-13-9-10-14(16(17)20)15(11-13)18-12-7-5-3-2-4-6-8-12/h9-12,18H,2-8H2,1H3,(H2,17,20). The molecule has 1 saturated carbocycles. The fraction of sp³-hybridized carbons (Fsp3) is 0.562. The average Bonchev–Trinajstić information content (AvgIpc) is 2.41. The molecule has 0 aliphatic heterocycles. The number of hydrogen-bond donors (Lipinski definition) is 2. The molecule has 0 atom stereocenters. The van der Waals surface area contributed by atoms with Crippen LogP contribution in [0.2, 0.25) is 0 Å². The van der Waals surface area contributed by atoms with Gasteiger partial charge in [-0.15, -0.1) is 0 Å². The summed E-state index contributed by atoms with van der Waals surface area (Å²) in [6.07, 6.45) is 9.09. The molecule has 0 bridgehead atoms. The van der Waals surface area contributed by atoms with Crippen LogP contribution in [0.3, 0.4) is 0 Å². The Morgan fingerprint density at radius 3 is 2.45 bits per heavy atom. The van der Waals surface area contributed by atoms with Crippen molar-refractivity contribution in [2.24, 2.45) is 5.73 Å². The van der Waals surface area contributed by atoms with E-state index in [-0.39, 0.29) is 0 Å². The zero-order chi connectivity index (χ0) is 14.4. The Bertz CT molecular complexity index is 454. The van der Waals surface area contributed by atoms with E-state index in [0.717, 1.165) is 17.0 Å². The van der Waals surface area contributed by atoms with E-state index in [1.54, 1.807) is 7.11 Å². The maximum absolute atomic E-state index is 5.82. The molecule has 2 rings (SSSR count). The normalized spacial score (nSPS) is 17.1. The quantitative estimate of drug-likeness (QED) is 0.827. The van der Waals surface area contributed by atoms with Crippen LogP contribution in [0.25, 0.3) is 0 Å². The van der Waals surface area contributed by atoms with Crippen molar-refractivity contribution in [1.29, 1.82) is 0 Å². The van der Waals surface area contributed by atoms with Crippen molar-refractivity contribution in [3.63, 3.8) is 0 Å². The lowest BCUT2D eigenvalue weighted by atomic mass is 9.96. The number of thiocarbonyl (C=S) groups is 1. The Kier molecular flexibility index (Phi) is 5.65. The minimum Gasteiger partial charge on any atom is -0.497 e. The zero-order valence-electron chi connectivity index (χ0n) is 12.2. The third-order valence-electron chi connectivity index (χ3n) is 3.96. The van der Waals surface area contributed by atoms with Crippen LogP contribution < -0.4 is 15.8 Å². The van der Waals surface area contributed by atoms with Crippen LogP contribution in [0, 0.1) is 0 Å². The zero-order valence-corrected chi connectivity index (χ0v) is 13.0. The molecular weight excluding hydrogens is 268 g/mol. The summed E-state index contributed by atoms with van der Waals surface area (Å²) in [6.45, 7) is 0. The molecule has 0 amide bonds. The fourth-order valence-corrected chi connectivity index (χ4v) is 2.98. The molecule has 0 heterocycles. The number of rotatable bonds is 4. The van der Waals surface area contributed by atoms with Gasteiger partial charge in [-0.2, -0.15) is 0 Å². The molecule has 1 aromatic rings. The first kappa shape index (κ1) is 15.1. The van der Waals surface area contributed by atoms with Crippen LogP contribution in [0.1, 0.15) is 50.5 Å². The number of hydrogen-bond acceptors (Lipinski definition) is 3. The van der Waals surface area contributed by atoms with Crippen molar-refractivity contribution in [3.05, 3.63) is 23.8 Å². The van der Waals surface area contributed by atoms with Crippen LogP contribution in [-0.2, 0) is 0 Å². The van der Waals surface area contributed by atoms with E-state index in [2.05, 4.69) is 5.32 Å². The van der Waals surface area contributed by atoms with Gasteiger partial charge >= 0.3 is 0 Å². The number of nitrogens with two attached hydrogens (primary N) is 1. The van der Waals surface area contributed by atoms with Crippen LogP contribution in [0.5, 0.6) is 5.75 Å². The number of benzene rings is 1. The van der Waals surface area contributed by atoms with Crippen LogP contribution >= 0.6 is 12.2 Å². The molecule has 1 aliphatic carbocycles. The van der Waals surface area contributed by atoms with Crippen molar-refractivity contribution in [2.45, 2.75) is 51.0 Å². The molecule has 110 valence electrons. The Hall–Kier alpha value is -1.29. The highest BCUT2D eigenvalue weighted by Crippen LogP contribution is 2.26. The maximum atomic E-state index is 5.82. The van der Waals surface area contributed by atoms with E-state index in [0.29, 0.717) is 11.0 Å². The van der Waals surface area contributed by atoms with Gasteiger partial charge in [-0.05, 0) is 25.0 Å². The summed E-state index contributed by atoms with van der Waals surface area (Å²) in [4.78, 5) is 0.431. The maximum Gasteiger partial charge on any atom is 0.120 e. The summed E-state index contributed by atoms with van der Waals surface area (Å²) in [5.74, 6) is 0.832. The summed E-state index contributed by atoms with van der Waals surface area (Å²) in [5.41, 5.74) is 7.73. The second kappa shape index (κ2) is 7.48. The lowest BCUT2D eigenvalue weighted by molar-refractivity contribution is 0.414. The van der Waals surface area contributed by atoms with Crippen molar-refractivity contribution < 1.29 is 4.74 Å². The van der Waals surface area contributed by atoms with Gasteiger partial charge in [0.15, 0.2) is 0 Å². The van der Waals surface area contributed by atoms with Crippen molar-refractivity contribution in [1.82, 2.24) is 0 Å². The first-order chi connectivity index (χ1) is 9.70. The molecule has 0 aromatic heterocycles. The predicted octanol–water partition coefficient (Wildman–Crippen LogP) is 3.85. The van der Waals surface area contributed by atoms with Gasteiger partial charge in [0.2, 0.25) is 0 Å². The molecule has 0 saturated heterocycles. The minimum atomic E-state index is 0.431. The van der Waals surface area contributed by atoms with Crippen molar-refractivity contribution in [2.75, 3.05) is 12.4 Å². The molecule has 3 N–H and O–H groups in total. The highest BCUT2D eigenvalue weighted by molar-refractivity contribution is 7.80. The van der Waals surface area contributed by atoms with E-state index in [9.17, 15) is 0 Å². The minimum absolute atomic E-state index is 0.431. The van der Waals surface area contributed by atoms with Crippen molar-refractivity contribution >= 4 is 22.9 Å². The summed E-state index contributed by atoms with van der Waals surface area (Å²) in [5, 5.41) is 3.63. The van der Waals surface area contributed by atoms with Gasteiger partial charge < -0.3 is 15.8 Å². The molecule has 0 spiro atoms. The van der Waals surface area contributed by atoms with Gasteiger partial charge in [0.05, 0.1) is 7.11 Å². The highest BCUT2D eigenvalue weighted by Gasteiger charge is 2.14. The second-order valence-electron chi connectivity index (χ2n) is 5.46. The molecule has 0 unspecified atom stereocenters. The average molecular weight is 292 g/mol. The summed E-state index contributed by atoms with van der Waals surface area (Å²) >= 11 is 5.14. The van der Waals surface area contributed by atoms with E-state index in [1.807, 2.05) is 18.2 Å². The molecule has 4 heteroatoms. The lowest BCUT2D eigenvalue weighted by Crippen LogP contribution is -2.23. The van der Waals surface area contributed by atoms with Crippen LogP contribution in [0.15, 0.2) is 18.2 Å². The third-order valence-corrected chi connectivity index (χ3v) is 4.18. The first-order valence-corrected chi connectivity index (χ1v) is 7.86. The molecule has 1 fully saturated rings. The van der Waals surface area contributed by atoms with E-state index in [1.165, 1.54) is 44.9 Å². The SMILES string of the molecule is COc1ccc(C(N)=S)c(NC2CCCCCCC2)c1. The number of methoxy groups -OCH3 is 1. The molecule has 0 radical (unpaired) electrons. The van der Waals surface area contributed by atoms with Gasteiger partial charge in [0, 0.05) is 23.4 Å². The second-order valence-corrected chi connectivity index (χ2v) is 5.90. The topological polar surface area (TPSA) is 47.3 Å². The molecule has 3 nitrogen and oxygen atoms in total. The van der Waals surface area contributed by atoms with E-state index in [4.69, 9.17) is 22.7 Å². The van der Waals surface area contributed by atoms with Gasteiger partial charge in [-0.1, -0.05) is 44.3 Å². The lowest BCUT2D eigenvalue weighted by Gasteiger charge is -2.23. The molecule has 20 heavy (non-hydrogen) atoms. The fourth-order valence-electron chi connectivity index (χ4n) is 2.81. The first-order valence-electron chi connectivity index (χ1n) is 7.45. The van der Waals surface area contributed by atoms with Gasteiger partial charge in [-0.25, -0.2) is 0 Å². The Morgan fingerprint density at radius 1 is 1.20 bits per heavy atom. The summed E-state index contributed by atoms with van der Waals surface area (Å²) < 4.78 is 5.30. The number of nitrogens with one attached hydrogen (secondary N) is 1. The Labute approximate surface area is 126 Å². The number of anilines is 1. The summed E-state index contributed by atoms with van der Waals surface area (Å²) in [6, 6.07) is 6.34. The molecular formula is C16H24N2OS.